The second kappa shape index (κ2) is 13.1. The maximum atomic E-state index is 9.69. The number of hydrogen-bond acceptors (Lipinski definition) is 9. The third-order valence-electron chi connectivity index (χ3n) is 3.75. The van der Waals surface area contributed by atoms with Crippen molar-refractivity contribution in [2.75, 3.05) is 19.8 Å². The Morgan fingerprint density at radius 3 is 1.50 bits per heavy atom. The predicted molar refractivity (Wildman–Crippen MR) is 104 cm³/mol. The lowest BCUT2D eigenvalue weighted by Crippen LogP contribution is -2.42. The Morgan fingerprint density at radius 2 is 1.14 bits per heavy atom. The van der Waals surface area contributed by atoms with Gasteiger partial charge < -0.3 is 39.6 Å². The minimum atomic E-state index is -2.61. The Hall–Kier alpha value is -1.22. The number of ether oxygens (including phenoxy) is 1. The minimum absolute atomic E-state index is 0.383. The van der Waals surface area contributed by atoms with E-state index in [0.29, 0.717) is 5.75 Å². The SMILES string of the molecule is OCC(CO)(CO)C(Oc1ccccc1)c1ccccc1.OP(O)OP(O)O. The van der Waals surface area contributed by atoms with Gasteiger partial charge in [0.05, 0.1) is 25.2 Å². The molecule has 0 aliphatic heterocycles. The summed E-state index contributed by atoms with van der Waals surface area (Å²) in [6.45, 7) is -1.15. The zero-order chi connectivity index (χ0) is 21.0. The molecule has 2 aromatic rings. The van der Waals surface area contributed by atoms with E-state index < -0.39 is 28.7 Å². The van der Waals surface area contributed by atoms with Crippen molar-refractivity contribution in [2.24, 2.45) is 5.41 Å². The van der Waals surface area contributed by atoms with E-state index in [1.54, 1.807) is 12.1 Å². The van der Waals surface area contributed by atoms with Gasteiger partial charge in [0, 0.05) is 0 Å². The zero-order valence-electron chi connectivity index (χ0n) is 14.8. The van der Waals surface area contributed by atoms with E-state index in [9.17, 15) is 15.3 Å². The van der Waals surface area contributed by atoms with Crippen LogP contribution in [0.1, 0.15) is 11.7 Å². The van der Waals surface area contributed by atoms with E-state index in [2.05, 4.69) is 4.31 Å². The van der Waals surface area contributed by atoms with Gasteiger partial charge in [-0.05, 0) is 17.7 Å². The first kappa shape index (κ1) is 24.8. The molecule has 1 unspecified atom stereocenters. The van der Waals surface area contributed by atoms with Gasteiger partial charge in [0.1, 0.15) is 11.9 Å². The van der Waals surface area contributed by atoms with Crippen molar-refractivity contribution < 1.29 is 43.9 Å². The molecule has 0 spiro atoms. The third kappa shape index (κ3) is 8.03. The summed E-state index contributed by atoms with van der Waals surface area (Å²) >= 11 is 0. The van der Waals surface area contributed by atoms with Crippen LogP contribution in [0.5, 0.6) is 5.75 Å². The van der Waals surface area contributed by atoms with Gasteiger partial charge in [-0.3, -0.25) is 0 Å². The van der Waals surface area contributed by atoms with Crippen LogP contribution in [0.25, 0.3) is 0 Å². The molecule has 0 aliphatic rings. The van der Waals surface area contributed by atoms with E-state index in [-0.39, 0.29) is 19.8 Å². The highest BCUT2D eigenvalue weighted by Gasteiger charge is 2.40. The predicted octanol–water partition coefficient (Wildman–Crippen LogP) is 1.20. The number of aliphatic hydroxyl groups excluding tert-OH is 3. The molecular formula is C17H24O9P2. The lowest BCUT2D eigenvalue weighted by Gasteiger charge is -2.36. The summed E-state index contributed by atoms with van der Waals surface area (Å²) in [5.41, 5.74) is -0.365. The molecule has 2 rings (SSSR count). The van der Waals surface area contributed by atoms with Crippen LogP contribution in [-0.2, 0) is 4.31 Å². The molecule has 0 bridgehead atoms. The summed E-state index contributed by atoms with van der Waals surface area (Å²) < 4.78 is 9.56. The molecule has 156 valence electrons. The molecule has 2 aromatic carbocycles. The van der Waals surface area contributed by atoms with E-state index in [4.69, 9.17) is 24.3 Å². The Balaban J connectivity index is 0.000000480. The van der Waals surface area contributed by atoms with Crippen LogP contribution in [0.4, 0.5) is 0 Å². The highest BCUT2D eigenvalue weighted by Crippen LogP contribution is 2.41. The second-order valence-corrected chi connectivity index (χ2v) is 7.31. The van der Waals surface area contributed by atoms with Crippen LogP contribution in [0.15, 0.2) is 60.7 Å². The first-order valence-electron chi connectivity index (χ1n) is 8.01. The minimum Gasteiger partial charge on any atom is -0.485 e. The van der Waals surface area contributed by atoms with Gasteiger partial charge in [-0.1, -0.05) is 48.5 Å². The molecule has 0 fully saturated rings. The summed E-state index contributed by atoms with van der Waals surface area (Å²) in [7, 11) is -5.22. The van der Waals surface area contributed by atoms with E-state index >= 15 is 0 Å². The monoisotopic (exact) mass is 434 g/mol. The lowest BCUT2D eigenvalue weighted by atomic mass is 9.80. The normalized spacial score (nSPS) is 12.5. The van der Waals surface area contributed by atoms with E-state index in [0.717, 1.165) is 5.56 Å². The zero-order valence-corrected chi connectivity index (χ0v) is 16.6. The average molecular weight is 434 g/mol. The summed E-state index contributed by atoms with van der Waals surface area (Å²) in [6.07, 6.45) is -0.652. The Bertz CT molecular complexity index is 625. The van der Waals surface area contributed by atoms with Gasteiger partial charge in [0.2, 0.25) is 0 Å². The summed E-state index contributed by atoms with van der Waals surface area (Å²) in [5.74, 6) is 0.617. The smallest absolute Gasteiger partial charge is 0.334 e. The molecule has 9 nitrogen and oxygen atoms in total. The molecular weight excluding hydrogens is 410 g/mol. The van der Waals surface area contributed by atoms with Gasteiger partial charge in [-0.25, -0.2) is 4.31 Å². The number of rotatable bonds is 9. The van der Waals surface area contributed by atoms with Crippen molar-refractivity contribution in [3.63, 3.8) is 0 Å². The summed E-state index contributed by atoms with van der Waals surface area (Å²) in [5, 5.41) is 29.1. The molecule has 1 atom stereocenters. The van der Waals surface area contributed by atoms with Crippen molar-refractivity contribution in [1.29, 1.82) is 0 Å². The Labute approximate surface area is 165 Å². The third-order valence-corrected chi connectivity index (χ3v) is 4.91. The van der Waals surface area contributed by atoms with E-state index in [1.165, 1.54) is 0 Å². The fourth-order valence-corrected chi connectivity index (χ4v) is 2.80. The molecule has 0 heterocycles. The van der Waals surface area contributed by atoms with Crippen molar-refractivity contribution >= 4 is 17.2 Å². The van der Waals surface area contributed by atoms with E-state index in [1.807, 2.05) is 48.5 Å². The maximum absolute atomic E-state index is 9.69. The Kier molecular flexibility index (Phi) is 11.6. The van der Waals surface area contributed by atoms with Gasteiger partial charge in [0.15, 0.2) is 0 Å². The molecule has 0 aliphatic carbocycles. The van der Waals surface area contributed by atoms with Crippen LogP contribution in [0, 0.1) is 5.41 Å². The molecule has 28 heavy (non-hydrogen) atoms. The fourth-order valence-electron chi connectivity index (χ4n) is 2.27. The summed E-state index contributed by atoms with van der Waals surface area (Å²) in [4.78, 5) is 31.3. The van der Waals surface area contributed by atoms with Gasteiger partial charge in [-0.2, -0.15) is 0 Å². The molecule has 0 saturated carbocycles. The number of benzene rings is 2. The fraction of sp³-hybridized carbons (Fsp3) is 0.294. The van der Waals surface area contributed by atoms with Crippen LogP contribution in [0.2, 0.25) is 0 Å². The molecule has 0 radical (unpaired) electrons. The highest BCUT2D eigenvalue weighted by molar-refractivity contribution is 7.53. The van der Waals surface area contributed by atoms with Gasteiger partial charge in [0.25, 0.3) is 0 Å². The van der Waals surface area contributed by atoms with Gasteiger partial charge >= 0.3 is 17.2 Å². The first-order chi connectivity index (χ1) is 13.4. The standard InChI is InChI=1S/C17H20O4.H4O5P2/c18-11-17(12-19,13-20)16(14-7-3-1-4-8-14)21-15-9-5-2-6-10-15;1-6(2)5-7(3)4/h1-10,16,18-20H,11-13H2;1-4H. The van der Waals surface area contributed by atoms with Crippen molar-refractivity contribution in [3.8, 4) is 5.75 Å². The van der Waals surface area contributed by atoms with Gasteiger partial charge in [-0.15, -0.1) is 0 Å². The van der Waals surface area contributed by atoms with Crippen LogP contribution in [-0.4, -0.2) is 54.7 Å². The summed E-state index contributed by atoms with van der Waals surface area (Å²) in [6, 6.07) is 18.4. The van der Waals surface area contributed by atoms with Crippen molar-refractivity contribution in [3.05, 3.63) is 66.2 Å². The molecule has 0 saturated heterocycles. The largest absolute Gasteiger partial charge is 0.485 e. The lowest BCUT2D eigenvalue weighted by molar-refractivity contribution is -0.0742. The highest BCUT2D eigenvalue weighted by atomic mass is 31.2. The number of aliphatic hydroxyl groups is 3. The Morgan fingerprint density at radius 1 is 0.714 bits per heavy atom. The van der Waals surface area contributed by atoms with Crippen LogP contribution in [0.3, 0.4) is 0 Å². The van der Waals surface area contributed by atoms with Crippen molar-refractivity contribution in [1.82, 2.24) is 0 Å². The second-order valence-electron chi connectivity index (χ2n) is 5.65. The maximum Gasteiger partial charge on any atom is 0.334 e. The average Bonchev–Trinajstić information content (AvgIpc) is 2.70. The molecule has 0 aromatic heterocycles. The van der Waals surface area contributed by atoms with Crippen LogP contribution >= 0.6 is 17.2 Å². The molecule has 7 N–H and O–H groups in total. The molecule has 0 amide bonds. The topological polar surface area (TPSA) is 160 Å². The van der Waals surface area contributed by atoms with Crippen molar-refractivity contribution in [2.45, 2.75) is 6.10 Å². The molecule has 11 heteroatoms. The number of para-hydroxylation sites is 1. The van der Waals surface area contributed by atoms with Crippen LogP contribution < -0.4 is 4.74 Å². The quantitative estimate of drug-likeness (QED) is 0.288. The number of hydrogen-bond donors (Lipinski definition) is 7. The first-order valence-corrected chi connectivity index (χ1v) is 10.3.